The maximum absolute atomic E-state index is 12.4. The first-order valence-corrected chi connectivity index (χ1v) is 7.66. The Labute approximate surface area is 124 Å². The van der Waals surface area contributed by atoms with E-state index in [0.717, 1.165) is 4.31 Å². The molecular weight excluding hydrogens is 296 g/mol. The lowest BCUT2D eigenvalue weighted by molar-refractivity contribution is -0.386. The molecule has 0 aromatic heterocycles. The van der Waals surface area contributed by atoms with Gasteiger partial charge < -0.3 is 4.74 Å². The number of sulfonamides is 1. The van der Waals surface area contributed by atoms with E-state index in [0.29, 0.717) is 5.56 Å². The average molecular weight is 316 g/mol. The highest BCUT2D eigenvalue weighted by atomic mass is 32.2. The molecule has 7 nitrogen and oxygen atoms in total. The van der Waals surface area contributed by atoms with E-state index in [4.69, 9.17) is 4.74 Å². The number of nitrogens with zero attached hydrogens (tertiary/aromatic N) is 2. The molecule has 0 aliphatic rings. The Bertz CT molecular complexity index is 660. The van der Waals surface area contributed by atoms with E-state index >= 15 is 0 Å². The molecule has 0 unspecified atom stereocenters. The van der Waals surface area contributed by atoms with Gasteiger partial charge >= 0.3 is 5.69 Å². The lowest BCUT2D eigenvalue weighted by Gasteiger charge is -2.22. The minimum atomic E-state index is -3.85. The van der Waals surface area contributed by atoms with Crippen molar-refractivity contribution in [2.45, 2.75) is 31.1 Å². The highest BCUT2D eigenvalue weighted by Crippen LogP contribution is 2.39. The second-order valence-corrected chi connectivity index (χ2v) is 7.94. The van der Waals surface area contributed by atoms with Crippen LogP contribution in [0.1, 0.15) is 26.3 Å². The molecule has 0 atom stereocenters. The molecule has 0 fully saturated rings. The van der Waals surface area contributed by atoms with Gasteiger partial charge in [-0.05, 0) is 17.0 Å². The van der Waals surface area contributed by atoms with Crippen LogP contribution < -0.4 is 4.74 Å². The van der Waals surface area contributed by atoms with Crippen LogP contribution in [0.3, 0.4) is 0 Å². The SMILES string of the molecule is COc1c([N+](=O)[O-])cc(C(C)(C)C)cc1S(=O)(=O)N(C)C. The topological polar surface area (TPSA) is 89.7 Å². The zero-order valence-electron chi connectivity index (χ0n) is 13.0. The fraction of sp³-hybridized carbons (Fsp3) is 0.538. The van der Waals surface area contributed by atoms with E-state index in [-0.39, 0.29) is 16.3 Å². The van der Waals surface area contributed by atoms with Gasteiger partial charge in [0.25, 0.3) is 0 Å². The van der Waals surface area contributed by atoms with Crippen molar-refractivity contribution < 1.29 is 18.1 Å². The first kappa shape index (κ1) is 17.4. The van der Waals surface area contributed by atoms with Gasteiger partial charge in [0.1, 0.15) is 4.90 Å². The lowest BCUT2D eigenvalue weighted by Crippen LogP contribution is -2.24. The summed E-state index contributed by atoms with van der Waals surface area (Å²) in [6.07, 6.45) is 0. The van der Waals surface area contributed by atoms with Gasteiger partial charge in [-0.15, -0.1) is 0 Å². The van der Waals surface area contributed by atoms with Gasteiger partial charge in [0.15, 0.2) is 0 Å². The summed E-state index contributed by atoms with van der Waals surface area (Å²) >= 11 is 0. The smallest absolute Gasteiger partial charge is 0.312 e. The minimum absolute atomic E-state index is 0.200. The average Bonchev–Trinajstić information content (AvgIpc) is 2.35. The van der Waals surface area contributed by atoms with Crippen molar-refractivity contribution in [1.82, 2.24) is 4.31 Å². The van der Waals surface area contributed by atoms with Crippen molar-refractivity contribution >= 4 is 15.7 Å². The van der Waals surface area contributed by atoms with E-state index in [1.165, 1.54) is 33.3 Å². The Balaban J connectivity index is 3.85. The minimum Gasteiger partial charge on any atom is -0.489 e. The van der Waals surface area contributed by atoms with Gasteiger partial charge in [-0.1, -0.05) is 20.8 Å². The van der Waals surface area contributed by atoms with Crippen molar-refractivity contribution in [3.63, 3.8) is 0 Å². The third kappa shape index (κ3) is 3.33. The molecule has 0 saturated heterocycles. The van der Waals surface area contributed by atoms with Crippen molar-refractivity contribution in [1.29, 1.82) is 0 Å². The normalized spacial score (nSPS) is 12.5. The van der Waals surface area contributed by atoms with Gasteiger partial charge in [-0.3, -0.25) is 10.1 Å². The molecule has 0 spiro atoms. The number of hydrogen-bond acceptors (Lipinski definition) is 5. The number of methoxy groups -OCH3 is 1. The highest BCUT2D eigenvalue weighted by molar-refractivity contribution is 7.89. The third-order valence-electron chi connectivity index (χ3n) is 3.06. The molecule has 21 heavy (non-hydrogen) atoms. The van der Waals surface area contributed by atoms with Crippen LogP contribution >= 0.6 is 0 Å². The van der Waals surface area contributed by atoms with E-state index in [2.05, 4.69) is 0 Å². The van der Waals surface area contributed by atoms with Gasteiger partial charge in [0.2, 0.25) is 15.8 Å². The molecule has 0 aliphatic heterocycles. The summed E-state index contributed by atoms with van der Waals surface area (Å²) in [5.41, 5.74) is -0.242. The third-order valence-corrected chi connectivity index (χ3v) is 4.88. The van der Waals surface area contributed by atoms with Crippen molar-refractivity contribution in [2.24, 2.45) is 0 Å². The maximum Gasteiger partial charge on any atom is 0.312 e. The molecular formula is C13H20N2O5S. The maximum atomic E-state index is 12.4. The molecule has 118 valence electrons. The van der Waals surface area contributed by atoms with E-state index in [9.17, 15) is 18.5 Å². The quantitative estimate of drug-likeness (QED) is 0.627. The highest BCUT2D eigenvalue weighted by Gasteiger charge is 2.32. The number of nitro groups is 1. The molecule has 0 N–H and O–H groups in total. The summed E-state index contributed by atoms with van der Waals surface area (Å²) in [7, 11) is 0.0924. The molecule has 8 heteroatoms. The van der Waals surface area contributed by atoms with Crippen LogP contribution in [0.4, 0.5) is 5.69 Å². The summed E-state index contributed by atoms with van der Waals surface area (Å²) in [5, 5.41) is 11.2. The molecule has 1 rings (SSSR count). The molecule has 0 radical (unpaired) electrons. The molecule has 0 saturated carbocycles. The number of nitro benzene ring substituents is 1. The molecule has 0 heterocycles. The van der Waals surface area contributed by atoms with Crippen LogP contribution in [0.5, 0.6) is 5.75 Å². The first-order valence-electron chi connectivity index (χ1n) is 6.22. The van der Waals surface area contributed by atoms with E-state index in [1.807, 2.05) is 20.8 Å². The fourth-order valence-electron chi connectivity index (χ4n) is 1.75. The predicted octanol–water partition coefficient (Wildman–Crippen LogP) is 2.15. The Morgan fingerprint density at radius 1 is 1.24 bits per heavy atom. The van der Waals surface area contributed by atoms with E-state index in [1.54, 1.807) is 0 Å². The monoisotopic (exact) mass is 316 g/mol. The largest absolute Gasteiger partial charge is 0.489 e. The molecule has 1 aromatic carbocycles. The summed E-state index contributed by atoms with van der Waals surface area (Å²) in [4.78, 5) is 10.4. The zero-order valence-corrected chi connectivity index (χ0v) is 13.8. The van der Waals surface area contributed by atoms with Crippen LogP contribution in [0, 0.1) is 10.1 Å². The summed E-state index contributed by atoms with van der Waals surface area (Å²) in [5.74, 6) is -0.248. The van der Waals surface area contributed by atoms with Crippen LogP contribution in [-0.4, -0.2) is 38.9 Å². The molecule has 0 amide bonds. The zero-order chi connectivity index (χ0) is 16.6. The standard InChI is InChI=1S/C13H20N2O5S/c1-13(2,3)9-7-10(15(16)17)12(20-6)11(8-9)21(18,19)14(4)5/h7-8H,1-6H3. The van der Waals surface area contributed by atoms with Crippen LogP contribution in [0.25, 0.3) is 0 Å². The van der Waals surface area contributed by atoms with Crippen molar-refractivity contribution in [3.8, 4) is 5.75 Å². The van der Waals surface area contributed by atoms with Gasteiger partial charge in [-0.25, -0.2) is 12.7 Å². The summed E-state index contributed by atoms with van der Waals surface area (Å²) in [6.45, 7) is 5.56. The van der Waals surface area contributed by atoms with Gasteiger partial charge in [-0.2, -0.15) is 0 Å². The second kappa shape index (κ2) is 5.61. The van der Waals surface area contributed by atoms with Crippen molar-refractivity contribution in [2.75, 3.05) is 21.2 Å². The molecule has 1 aromatic rings. The summed E-state index contributed by atoms with van der Waals surface area (Å²) in [6, 6.07) is 2.79. The molecule has 0 bridgehead atoms. The second-order valence-electron chi connectivity index (χ2n) is 5.82. The lowest BCUT2D eigenvalue weighted by atomic mass is 9.87. The Morgan fingerprint density at radius 2 is 1.76 bits per heavy atom. The number of hydrogen-bond donors (Lipinski definition) is 0. The predicted molar refractivity (Wildman–Crippen MR) is 79.2 cm³/mol. The number of ether oxygens (including phenoxy) is 1. The molecule has 0 aliphatic carbocycles. The van der Waals surface area contributed by atoms with Gasteiger partial charge in [0, 0.05) is 20.2 Å². The van der Waals surface area contributed by atoms with Crippen molar-refractivity contribution in [3.05, 3.63) is 27.8 Å². The van der Waals surface area contributed by atoms with Gasteiger partial charge in [0.05, 0.1) is 12.0 Å². The Kier molecular flexibility index (Phi) is 4.64. The fourth-order valence-corrected chi connectivity index (χ4v) is 2.84. The first-order chi connectivity index (χ1) is 9.42. The van der Waals surface area contributed by atoms with Crippen LogP contribution in [-0.2, 0) is 15.4 Å². The Morgan fingerprint density at radius 3 is 2.10 bits per heavy atom. The van der Waals surface area contributed by atoms with Crippen LogP contribution in [0.2, 0.25) is 0 Å². The summed E-state index contributed by atoms with van der Waals surface area (Å²) < 4.78 is 30.8. The van der Waals surface area contributed by atoms with Crippen LogP contribution in [0.15, 0.2) is 17.0 Å². The van der Waals surface area contributed by atoms with E-state index < -0.39 is 20.4 Å². The number of benzene rings is 1. The number of rotatable bonds is 4. The Hall–Kier alpha value is -1.67.